The van der Waals surface area contributed by atoms with Gasteiger partial charge in [0.15, 0.2) is 5.96 Å². The Bertz CT molecular complexity index is 740. The van der Waals surface area contributed by atoms with E-state index in [0.717, 1.165) is 43.6 Å². The molecule has 1 heterocycles. The summed E-state index contributed by atoms with van der Waals surface area (Å²) in [4.78, 5) is 18.2. The molecule has 2 aromatic rings. The highest BCUT2D eigenvalue weighted by atomic mass is 16.2. The number of hydrogen-bond acceptors (Lipinski definition) is 2. The van der Waals surface area contributed by atoms with Crippen molar-refractivity contribution < 1.29 is 4.79 Å². The Balaban J connectivity index is 1.47. The summed E-state index contributed by atoms with van der Waals surface area (Å²) in [5, 5.41) is 3.15. The molecule has 0 aliphatic carbocycles. The van der Waals surface area contributed by atoms with Crippen molar-refractivity contribution in [2.24, 2.45) is 10.7 Å². The lowest BCUT2D eigenvalue weighted by Gasteiger charge is -2.26. The third-order valence-electron chi connectivity index (χ3n) is 4.57. The third kappa shape index (κ3) is 5.09. The number of carbonyl (C=O) groups is 1. The Morgan fingerprint density at radius 2 is 1.81 bits per heavy atom. The van der Waals surface area contributed by atoms with Gasteiger partial charge >= 0.3 is 0 Å². The maximum absolute atomic E-state index is 12.0. The zero-order chi connectivity index (χ0) is 18.2. The first kappa shape index (κ1) is 18.0. The van der Waals surface area contributed by atoms with E-state index < -0.39 is 0 Å². The van der Waals surface area contributed by atoms with Crippen molar-refractivity contribution in [1.82, 2.24) is 5.32 Å². The van der Waals surface area contributed by atoms with Crippen molar-refractivity contribution in [2.75, 3.05) is 18.0 Å². The summed E-state index contributed by atoms with van der Waals surface area (Å²) in [5.41, 5.74) is 9.25. The molecule has 1 amide bonds. The first-order valence-corrected chi connectivity index (χ1v) is 9.19. The molecule has 1 saturated heterocycles. The minimum absolute atomic E-state index is 0.217. The number of rotatable bonds is 6. The van der Waals surface area contributed by atoms with E-state index in [9.17, 15) is 4.79 Å². The average Bonchev–Trinajstić information content (AvgIpc) is 2.68. The second kappa shape index (κ2) is 9.04. The van der Waals surface area contributed by atoms with Crippen LogP contribution in [0.5, 0.6) is 0 Å². The Kier molecular flexibility index (Phi) is 6.25. The van der Waals surface area contributed by atoms with Gasteiger partial charge in [-0.1, -0.05) is 42.5 Å². The van der Waals surface area contributed by atoms with Gasteiger partial charge in [0, 0.05) is 25.2 Å². The van der Waals surface area contributed by atoms with Crippen molar-refractivity contribution in [3.8, 4) is 0 Å². The lowest BCUT2D eigenvalue weighted by Crippen LogP contribution is -2.35. The lowest BCUT2D eigenvalue weighted by molar-refractivity contribution is -0.119. The number of nitrogens with one attached hydrogen (secondary N) is 1. The van der Waals surface area contributed by atoms with Crippen LogP contribution < -0.4 is 16.0 Å². The minimum atomic E-state index is 0.217. The Morgan fingerprint density at radius 1 is 1.04 bits per heavy atom. The van der Waals surface area contributed by atoms with Crippen molar-refractivity contribution in [1.29, 1.82) is 0 Å². The molecular weight excluding hydrogens is 324 g/mol. The standard InChI is InChI=1S/C21H26N4O/c22-21(23-14-13-17-6-2-1-3-7-17)24-16-18-9-11-19(12-10-18)25-15-5-4-8-20(25)26/h1-3,6-7,9-12H,4-5,8,13-16H2,(H3,22,23,24). The van der Waals surface area contributed by atoms with Gasteiger partial charge in [-0.25, -0.2) is 4.99 Å². The maximum Gasteiger partial charge on any atom is 0.226 e. The fourth-order valence-electron chi connectivity index (χ4n) is 3.07. The smallest absolute Gasteiger partial charge is 0.226 e. The summed E-state index contributed by atoms with van der Waals surface area (Å²) in [6, 6.07) is 18.3. The number of amides is 1. The predicted molar refractivity (Wildman–Crippen MR) is 106 cm³/mol. The second-order valence-corrected chi connectivity index (χ2v) is 6.53. The molecule has 1 aliphatic heterocycles. The van der Waals surface area contributed by atoms with Crippen molar-refractivity contribution in [3.05, 3.63) is 65.7 Å². The van der Waals surface area contributed by atoms with Gasteiger partial charge in [-0.2, -0.15) is 0 Å². The quantitative estimate of drug-likeness (QED) is 0.622. The number of nitrogens with two attached hydrogens (primary N) is 1. The van der Waals surface area contributed by atoms with E-state index in [2.05, 4.69) is 22.4 Å². The van der Waals surface area contributed by atoms with Gasteiger partial charge in [-0.3, -0.25) is 4.79 Å². The fraction of sp³-hybridized carbons (Fsp3) is 0.333. The fourth-order valence-corrected chi connectivity index (χ4v) is 3.07. The van der Waals surface area contributed by atoms with E-state index in [-0.39, 0.29) is 5.91 Å². The monoisotopic (exact) mass is 350 g/mol. The molecule has 0 saturated carbocycles. The predicted octanol–water partition coefficient (Wildman–Crippen LogP) is 2.85. The van der Waals surface area contributed by atoms with Gasteiger partial charge in [0.25, 0.3) is 0 Å². The molecule has 0 radical (unpaired) electrons. The van der Waals surface area contributed by atoms with Crippen molar-refractivity contribution in [2.45, 2.75) is 32.2 Å². The first-order chi connectivity index (χ1) is 12.7. The molecule has 5 heteroatoms. The summed E-state index contributed by atoms with van der Waals surface area (Å²) in [6.07, 6.45) is 3.63. The number of aliphatic imine (C=N–C) groups is 1. The Hall–Kier alpha value is -2.82. The molecule has 26 heavy (non-hydrogen) atoms. The highest BCUT2D eigenvalue weighted by molar-refractivity contribution is 5.93. The van der Waals surface area contributed by atoms with Crippen LogP contribution in [0.1, 0.15) is 30.4 Å². The number of carbonyl (C=O) groups excluding carboxylic acids is 1. The number of benzene rings is 2. The highest BCUT2D eigenvalue weighted by Gasteiger charge is 2.19. The Morgan fingerprint density at radius 3 is 2.54 bits per heavy atom. The number of hydrogen-bond donors (Lipinski definition) is 2. The SMILES string of the molecule is NC(=NCc1ccc(N2CCCCC2=O)cc1)NCCc1ccccc1. The molecule has 1 fully saturated rings. The summed E-state index contributed by atoms with van der Waals surface area (Å²) < 4.78 is 0. The van der Waals surface area contributed by atoms with Gasteiger partial charge in [0.2, 0.25) is 5.91 Å². The van der Waals surface area contributed by atoms with E-state index in [0.29, 0.717) is 18.9 Å². The van der Waals surface area contributed by atoms with Gasteiger partial charge in [-0.15, -0.1) is 0 Å². The third-order valence-corrected chi connectivity index (χ3v) is 4.57. The molecule has 0 aromatic heterocycles. The van der Waals surface area contributed by atoms with Crippen LogP contribution in [-0.2, 0) is 17.8 Å². The number of nitrogens with zero attached hydrogens (tertiary/aromatic N) is 2. The van der Waals surface area contributed by atoms with Crippen LogP contribution in [0, 0.1) is 0 Å². The zero-order valence-corrected chi connectivity index (χ0v) is 15.0. The van der Waals surface area contributed by atoms with E-state index in [1.54, 1.807) is 0 Å². The molecule has 3 rings (SSSR count). The van der Waals surface area contributed by atoms with Gasteiger partial charge in [0.1, 0.15) is 0 Å². The van der Waals surface area contributed by atoms with Crippen LogP contribution in [0.4, 0.5) is 5.69 Å². The van der Waals surface area contributed by atoms with Crippen LogP contribution in [0.15, 0.2) is 59.6 Å². The summed E-state index contributed by atoms with van der Waals surface area (Å²) in [5.74, 6) is 0.671. The van der Waals surface area contributed by atoms with Gasteiger partial charge in [-0.05, 0) is 42.5 Å². The molecule has 0 atom stereocenters. The number of piperidine rings is 1. The topological polar surface area (TPSA) is 70.7 Å². The number of guanidine groups is 1. The minimum Gasteiger partial charge on any atom is -0.370 e. The van der Waals surface area contributed by atoms with Crippen LogP contribution >= 0.6 is 0 Å². The zero-order valence-electron chi connectivity index (χ0n) is 15.0. The largest absolute Gasteiger partial charge is 0.370 e. The molecular formula is C21H26N4O. The van der Waals surface area contributed by atoms with E-state index in [4.69, 9.17) is 5.73 Å². The van der Waals surface area contributed by atoms with Crippen LogP contribution in [0.25, 0.3) is 0 Å². The first-order valence-electron chi connectivity index (χ1n) is 9.19. The molecule has 3 N–H and O–H groups in total. The van der Waals surface area contributed by atoms with E-state index in [1.807, 2.05) is 47.4 Å². The molecule has 5 nitrogen and oxygen atoms in total. The van der Waals surface area contributed by atoms with E-state index in [1.165, 1.54) is 5.56 Å². The van der Waals surface area contributed by atoms with Crippen LogP contribution in [0.2, 0.25) is 0 Å². The summed E-state index contributed by atoms with van der Waals surface area (Å²) in [7, 11) is 0. The van der Waals surface area contributed by atoms with E-state index >= 15 is 0 Å². The maximum atomic E-state index is 12.0. The van der Waals surface area contributed by atoms with Gasteiger partial charge in [0.05, 0.1) is 6.54 Å². The molecule has 0 bridgehead atoms. The molecule has 0 spiro atoms. The summed E-state index contributed by atoms with van der Waals surface area (Å²) >= 11 is 0. The molecule has 136 valence electrons. The van der Waals surface area contributed by atoms with Gasteiger partial charge < -0.3 is 16.0 Å². The summed E-state index contributed by atoms with van der Waals surface area (Å²) in [6.45, 7) is 2.10. The van der Waals surface area contributed by atoms with Crippen LogP contribution in [0.3, 0.4) is 0 Å². The lowest BCUT2D eigenvalue weighted by atomic mass is 10.1. The normalized spacial score (nSPS) is 15.2. The Labute approximate surface area is 154 Å². The number of anilines is 1. The average molecular weight is 350 g/mol. The molecule has 2 aromatic carbocycles. The van der Waals surface area contributed by atoms with Crippen LogP contribution in [-0.4, -0.2) is 25.0 Å². The highest BCUT2D eigenvalue weighted by Crippen LogP contribution is 2.21. The van der Waals surface area contributed by atoms with Crippen molar-refractivity contribution >= 4 is 17.6 Å². The molecule has 1 aliphatic rings. The second-order valence-electron chi connectivity index (χ2n) is 6.53. The van der Waals surface area contributed by atoms with Crippen molar-refractivity contribution in [3.63, 3.8) is 0 Å². The molecule has 0 unspecified atom stereocenters.